The summed E-state index contributed by atoms with van der Waals surface area (Å²) < 4.78 is 5.84. The van der Waals surface area contributed by atoms with Crippen molar-refractivity contribution in [3.63, 3.8) is 0 Å². The first-order chi connectivity index (χ1) is 13.7. The molecule has 156 valence electrons. The number of ether oxygens (including phenoxy) is 1. The molecule has 0 unspecified atom stereocenters. The van der Waals surface area contributed by atoms with Gasteiger partial charge < -0.3 is 15.8 Å². The van der Waals surface area contributed by atoms with Crippen LogP contribution in [0.5, 0.6) is 5.75 Å². The number of nitrogens with one attached hydrogen (secondary N) is 1. The lowest BCUT2D eigenvalue weighted by molar-refractivity contribution is -0.122. The zero-order chi connectivity index (χ0) is 21.2. The molecule has 6 heteroatoms. The molecule has 2 aromatic rings. The van der Waals surface area contributed by atoms with Crippen LogP contribution < -0.4 is 15.8 Å². The van der Waals surface area contributed by atoms with Crippen molar-refractivity contribution in [3.05, 3.63) is 46.3 Å². The van der Waals surface area contributed by atoms with Gasteiger partial charge >= 0.3 is 0 Å². The van der Waals surface area contributed by atoms with E-state index in [0.29, 0.717) is 28.7 Å². The number of nitrogens with two attached hydrogens (primary N) is 1. The summed E-state index contributed by atoms with van der Waals surface area (Å²) in [6.45, 7) is 8.65. The van der Waals surface area contributed by atoms with Crippen LogP contribution in [0.1, 0.15) is 61.3 Å². The van der Waals surface area contributed by atoms with Crippen molar-refractivity contribution in [2.24, 2.45) is 17.1 Å². The Morgan fingerprint density at radius 1 is 1.28 bits per heavy atom. The Kier molecular flexibility index (Phi) is 6.32. The summed E-state index contributed by atoms with van der Waals surface area (Å²) in [5.74, 6) is 0.444. The number of carbonyl (C=O) groups is 2. The lowest BCUT2D eigenvalue weighted by Crippen LogP contribution is -2.32. The number of hydrogen-bond acceptors (Lipinski definition) is 4. The number of hydrogen-bond donors (Lipinski definition) is 2. The van der Waals surface area contributed by atoms with E-state index in [4.69, 9.17) is 10.5 Å². The van der Waals surface area contributed by atoms with Crippen molar-refractivity contribution in [2.45, 2.75) is 59.5 Å². The van der Waals surface area contributed by atoms with Crippen molar-refractivity contribution in [3.8, 4) is 5.75 Å². The summed E-state index contributed by atoms with van der Waals surface area (Å²) in [5, 5.41) is 3.48. The van der Waals surface area contributed by atoms with Gasteiger partial charge in [-0.1, -0.05) is 45.9 Å². The van der Waals surface area contributed by atoms with Crippen molar-refractivity contribution in [1.82, 2.24) is 0 Å². The number of rotatable bonds is 6. The average Bonchev–Trinajstić information content (AvgIpc) is 3.03. The Labute approximate surface area is 176 Å². The molecule has 29 heavy (non-hydrogen) atoms. The minimum Gasteiger partial charge on any atom is -0.481 e. The van der Waals surface area contributed by atoms with Crippen molar-refractivity contribution >= 4 is 28.2 Å². The van der Waals surface area contributed by atoms with Gasteiger partial charge in [-0.3, -0.25) is 9.59 Å². The molecule has 0 radical (unpaired) electrons. The topological polar surface area (TPSA) is 81.4 Å². The van der Waals surface area contributed by atoms with E-state index < -0.39 is 12.0 Å². The largest absolute Gasteiger partial charge is 0.481 e. The Morgan fingerprint density at radius 3 is 2.55 bits per heavy atom. The van der Waals surface area contributed by atoms with Gasteiger partial charge in [-0.05, 0) is 54.7 Å². The number of carbonyl (C=O) groups excluding carboxylic acids is 2. The molecular formula is C23H30N2O3S. The maximum absolute atomic E-state index is 12.9. The molecule has 0 bridgehead atoms. The Balaban J connectivity index is 1.82. The first kappa shape index (κ1) is 21.4. The van der Waals surface area contributed by atoms with Crippen LogP contribution in [0.4, 0.5) is 5.00 Å². The highest BCUT2D eigenvalue weighted by Crippen LogP contribution is 2.44. The normalized spacial score (nSPS) is 17.3. The SMILES string of the molecule is CC[C@@H](Oc1ccccc1)C(=O)Nc1sc2c(c1C(N)=O)CC[C@H](C(C)(C)C)C2. The number of primary amides is 1. The smallest absolute Gasteiger partial charge is 0.266 e. The van der Waals surface area contributed by atoms with E-state index in [1.54, 1.807) is 0 Å². The third kappa shape index (κ3) is 4.81. The van der Waals surface area contributed by atoms with Crippen LogP contribution in [0, 0.1) is 11.3 Å². The molecule has 0 spiro atoms. The van der Waals surface area contributed by atoms with Gasteiger partial charge in [0.2, 0.25) is 0 Å². The maximum Gasteiger partial charge on any atom is 0.266 e. The van der Waals surface area contributed by atoms with Crippen LogP contribution in [0.2, 0.25) is 0 Å². The number of benzene rings is 1. The first-order valence-electron chi connectivity index (χ1n) is 10.2. The molecule has 3 N–H and O–H groups in total. The minimum atomic E-state index is -0.639. The number of amides is 2. The van der Waals surface area contributed by atoms with Crippen molar-refractivity contribution < 1.29 is 14.3 Å². The molecule has 1 heterocycles. The third-order valence-corrected chi connectivity index (χ3v) is 6.83. The molecule has 1 aromatic carbocycles. The molecule has 0 saturated heterocycles. The Hall–Kier alpha value is -2.34. The molecule has 2 atom stereocenters. The van der Waals surface area contributed by atoms with E-state index in [0.717, 1.165) is 29.7 Å². The highest BCUT2D eigenvalue weighted by molar-refractivity contribution is 7.17. The number of fused-ring (bicyclic) bond motifs is 1. The second-order valence-electron chi connectivity index (χ2n) is 8.69. The number of anilines is 1. The van der Waals surface area contributed by atoms with Gasteiger partial charge in [-0.15, -0.1) is 11.3 Å². The molecule has 1 aliphatic rings. The lowest BCUT2D eigenvalue weighted by atomic mass is 9.72. The van der Waals surface area contributed by atoms with Gasteiger partial charge in [0.1, 0.15) is 10.8 Å². The second kappa shape index (κ2) is 8.57. The van der Waals surface area contributed by atoms with Gasteiger partial charge in [0.25, 0.3) is 11.8 Å². The molecule has 0 saturated carbocycles. The van der Waals surface area contributed by atoms with Gasteiger partial charge in [0.15, 0.2) is 6.10 Å². The van der Waals surface area contributed by atoms with Crippen LogP contribution in [-0.4, -0.2) is 17.9 Å². The molecule has 2 amide bonds. The van der Waals surface area contributed by atoms with Crippen LogP contribution in [0.15, 0.2) is 30.3 Å². The summed E-state index contributed by atoms with van der Waals surface area (Å²) >= 11 is 1.48. The van der Waals surface area contributed by atoms with Crippen LogP contribution in [0.25, 0.3) is 0 Å². The van der Waals surface area contributed by atoms with E-state index in [2.05, 4.69) is 26.1 Å². The minimum absolute atomic E-state index is 0.203. The van der Waals surface area contributed by atoms with E-state index in [1.807, 2.05) is 37.3 Å². The van der Waals surface area contributed by atoms with E-state index >= 15 is 0 Å². The van der Waals surface area contributed by atoms with Crippen molar-refractivity contribution in [2.75, 3.05) is 5.32 Å². The maximum atomic E-state index is 12.9. The summed E-state index contributed by atoms with van der Waals surface area (Å²) in [7, 11) is 0. The molecule has 3 rings (SSSR count). The average molecular weight is 415 g/mol. The zero-order valence-electron chi connectivity index (χ0n) is 17.6. The van der Waals surface area contributed by atoms with Crippen LogP contribution in [-0.2, 0) is 17.6 Å². The second-order valence-corrected chi connectivity index (χ2v) is 9.80. The number of para-hydroxylation sites is 1. The fraction of sp³-hybridized carbons (Fsp3) is 0.478. The monoisotopic (exact) mass is 414 g/mol. The quantitative estimate of drug-likeness (QED) is 0.713. The standard InChI is InChI=1S/C23H30N2O3S/c1-5-17(28-15-9-7-6-8-10-15)21(27)25-22-19(20(24)26)16-12-11-14(23(2,3)4)13-18(16)29-22/h6-10,14,17H,5,11-13H2,1-4H3,(H2,24,26)(H,25,27)/t14-,17+/m0/s1. The van der Waals surface area contributed by atoms with Gasteiger partial charge in [-0.2, -0.15) is 0 Å². The molecule has 0 fully saturated rings. The van der Waals surface area contributed by atoms with Gasteiger partial charge in [0, 0.05) is 4.88 Å². The molecular weight excluding hydrogens is 384 g/mol. The molecule has 1 aromatic heterocycles. The lowest BCUT2D eigenvalue weighted by Gasteiger charge is -2.33. The summed E-state index contributed by atoms with van der Waals surface area (Å²) in [6.07, 6.45) is 2.63. The van der Waals surface area contributed by atoms with E-state index in [9.17, 15) is 9.59 Å². The van der Waals surface area contributed by atoms with E-state index in [1.165, 1.54) is 11.3 Å². The molecule has 0 aliphatic heterocycles. The highest BCUT2D eigenvalue weighted by atomic mass is 32.1. The fourth-order valence-corrected chi connectivity index (χ4v) is 5.19. The zero-order valence-corrected chi connectivity index (χ0v) is 18.4. The summed E-state index contributed by atoms with van der Waals surface area (Å²) in [5.41, 5.74) is 7.38. The third-order valence-electron chi connectivity index (χ3n) is 5.66. The first-order valence-corrected chi connectivity index (χ1v) is 11.0. The Bertz CT molecular complexity index is 884. The van der Waals surface area contributed by atoms with E-state index in [-0.39, 0.29) is 11.3 Å². The molecule has 1 aliphatic carbocycles. The van der Waals surface area contributed by atoms with Crippen LogP contribution in [0.3, 0.4) is 0 Å². The summed E-state index contributed by atoms with van der Waals surface area (Å²) in [4.78, 5) is 26.2. The number of thiophene rings is 1. The Morgan fingerprint density at radius 2 is 1.97 bits per heavy atom. The van der Waals surface area contributed by atoms with Gasteiger partial charge in [0.05, 0.1) is 5.56 Å². The van der Waals surface area contributed by atoms with Gasteiger partial charge in [-0.25, -0.2) is 0 Å². The predicted molar refractivity (Wildman–Crippen MR) is 118 cm³/mol. The fourth-order valence-electron chi connectivity index (χ4n) is 3.85. The molecule has 5 nitrogen and oxygen atoms in total. The van der Waals surface area contributed by atoms with Crippen LogP contribution >= 0.6 is 11.3 Å². The predicted octanol–water partition coefficient (Wildman–Crippen LogP) is 4.79. The highest BCUT2D eigenvalue weighted by Gasteiger charge is 2.34. The summed E-state index contributed by atoms with van der Waals surface area (Å²) in [6, 6.07) is 9.27. The van der Waals surface area contributed by atoms with Crippen molar-refractivity contribution in [1.29, 1.82) is 0 Å².